The second-order valence-corrected chi connectivity index (χ2v) is 11.3. The van der Waals surface area contributed by atoms with Crippen LogP contribution in [0.25, 0.3) is 11.3 Å². The van der Waals surface area contributed by atoms with Gasteiger partial charge in [-0.3, -0.25) is 0 Å². The van der Waals surface area contributed by atoms with Gasteiger partial charge in [0.15, 0.2) is 11.3 Å². The van der Waals surface area contributed by atoms with Crippen molar-refractivity contribution in [2.75, 3.05) is 30.6 Å². The number of thioether (sulfide) groups is 2. The average Bonchev–Trinajstić information content (AvgIpc) is 3.41. The molecular formula is C21H24Br2ClN7OS2. The Kier molecular flexibility index (Phi) is 9.02. The normalized spacial score (nSPS) is 16.2. The summed E-state index contributed by atoms with van der Waals surface area (Å²) in [4.78, 5) is 11.3. The third kappa shape index (κ3) is 5.52. The van der Waals surface area contributed by atoms with Crippen molar-refractivity contribution in [3.63, 3.8) is 0 Å². The Morgan fingerprint density at radius 3 is 2.24 bits per heavy atom. The molecule has 1 aliphatic rings. The maximum absolute atomic E-state index is 9.29. The van der Waals surface area contributed by atoms with Gasteiger partial charge >= 0.3 is 0 Å². The van der Waals surface area contributed by atoms with Gasteiger partial charge in [0.25, 0.3) is 0 Å². The first-order valence-electron chi connectivity index (χ1n) is 10.7. The number of halogens is 3. The lowest BCUT2D eigenvalue weighted by Gasteiger charge is -2.36. The predicted molar refractivity (Wildman–Crippen MR) is 147 cm³/mol. The van der Waals surface area contributed by atoms with Gasteiger partial charge in [0.1, 0.15) is 21.0 Å². The van der Waals surface area contributed by atoms with Crippen molar-refractivity contribution in [1.82, 2.24) is 29.2 Å². The quantitative estimate of drug-likeness (QED) is 0.214. The number of aliphatic hydroxyl groups is 1. The molecule has 13 heteroatoms. The van der Waals surface area contributed by atoms with E-state index in [1.54, 1.807) is 46.5 Å². The molecule has 0 aromatic carbocycles. The summed E-state index contributed by atoms with van der Waals surface area (Å²) in [5.74, 6) is 0.992. The third-order valence-electron chi connectivity index (χ3n) is 5.55. The van der Waals surface area contributed by atoms with Crippen molar-refractivity contribution < 1.29 is 5.11 Å². The Hall–Kier alpha value is -1.05. The van der Waals surface area contributed by atoms with Crippen molar-refractivity contribution in [1.29, 1.82) is 0 Å². The molecule has 4 aromatic heterocycles. The average molecular weight is 650 g/mol. The predicted octanol–water partition coefficient (Wildman–Crippen LogP) is 5.82. The molecule has 0 aliphatic carbocycles. The number of hydrogen-bond donors (Lipinski definition) is 1. The minimum Gasteiger partial charge on any atom is -0.396 e. The van der Waals surface area contributed by atoms with Crippen LogP contribution in [0.4, 0.5) is 5.82 Å². The number of nitrogens with zero attached hydrogens (tertiary/aromatic N) is 7. The standard InChI is InChI=1S/C14H19BrN4OS.C7H5BrClN3S/c1-21-13-8-12(17-14-11(15)9-16-19(13)14)18-6-3-2-4-10(18)5-7-20;1-13-6-2-5(9)11-7-4(8)3-10-12(6)7/h8-10,20H,2-7H2,1H3;2-3H,1H3/t10-;/m0./s1. The maximum atomic E-state index is 9.29. The van der Waals surface area contributed by atoms with Crippen LogP contribution in [-0.2, 0) is 0 Å². The fourth-order valence-corrected chi connectivity index (χ4v) is 5.98. The molecule has 5 heterocycles. The molecule has 5 rings (SSSR count). The summed E-state index contributed by atoms with van der Waals surface area (Å²) in [6.45, 7) is 1.24. The molecule has 0 amide bonds. The monoisotopic (exact) mass is 647 g/mol. The summed E-state index contributed by atoms with van der Waals surface area (Å²) in [5, 5.41) is 20.3. The number of piperidine rings is 1. The molecule has 1 fully saturated rings. The molecule has 182 valence electrons. The fourth-order valence-electron chi connectivity index (χ4n) is 3.97. The van der Waals surface area contributed by atoms with E-state index < -0.39 is 0 Å². The van der Waals surface area contributed by atoms with E-state index in [1.165, 1.54) is 12.8 Å². The van der Waals surface area contributed by atoms with Crippen molar-refractivity contribution in [2.24, 2.45) is 0 Å². The van der Waals surface area contributed by atoms with Gasteiger partial charge in [-0.2, -0.15) is 10.2 Å². The number of fused-ring (bicyclic) bond motifs is 2. The second kappa shape index (κ2) is 11.8. The Balaban J connectivity index is 0.000000180. The van der Waals surface area contributed by atoms with Gasteiger partial charge in [-0.1, -0.05) is 11.6 Å². The summed E-state index contributed by atoms with van der Waals surface area (Å²) in [7, 11) is 0. The van der Waals surface area contributed by atoms with Gasteiger partial charge in [-0.15, -0.1) is 23.5 Å². The fraction of sp³-hybridized carbons (Fsp3) is 0.429. The highest BCUT2D eigenvalue weighted by molar-refractivity contribution is 9.11. The van der Waals surface area contributed by atoms with E-state index in [9.17, 15) is 5.11 Å². The number of aromatic nitrogens is 6. The van der Waals surface area contributed by atoms with Crippen molar-refractivity contribution in [2.45, 2.75) is 41.8 Å². The van der Waals surface area contributed by atoms with Gasteiger partial charge in [0.05, 0.1) is 21.3 Å². The lowest BCUT2D eigenvalue weighted by molar-refractivity contribution is 0.262. The Labute approximate surface area is 228 Å². The van der Waals surface area contributed by atoms with Crippen LogP contribution in [0.5, 0.6) is 0 Å². The topological polar surface area (TPSA) is 83.8 Å². The molecule has 0 saturated carbocycles. The van der Waals surface area contributed by atoms with Gasteiger partial charge in [0, 0.05) is 31.3 Å². The molecule has 1 aliphatic heterocycles. The Morgan fingerprint density at radius 1 is 1.00 bits per heavy atom. The van der Waals surface area contributed by atoms with Gasteiger partial charge in [-0.05, 0) is 70.1 Å². The number of rotatable bonds is 5. The van der Waals surface area contributed by atoms with E-state index in [0.717, 1.165) is 55.5 Å². The molecule has 0 spiro atoms. The van der Waals surface area contributed by atoms with E-state index in [1.807, 2.05) is 10.8 Å². The van der Waals surface area contributed by atoms with Crippen LogP contribution in [0.2, 0.25) is 5.15 Å². The molecule has 4 aromatic rings. The highest BCUT2D eigenvalue weighted by atomic mass is 79.9. The first-order chi connectivity index (χ1) is 16.5. The van der Waals surface area contributed by atoms with E-state index in [-0.39, 0.29) is 6.61 Å². The van der Waals surface area contributed by atoms with Gasteiger partial charge in [0.2, 0.25) is 0 Å². The SMILES string of the molecule is CSc1cc(Cl)nc2c(Br)cnn12.CSc1cc(N2CCCC[C@H]2CCO)nc2c(Br)cnn12. The molecular weight excluding hydrogens is 626 g/mol. The molecule has 0 unspecified atom stereocenters. The van der Waals surface area contributed by atoms with E-state index >= 15 is 0 Å². The van der Waals surface area contributed by atoms with Crippen molar-refractivity contribution >= 4 is 84.1 Å². The van der Waals surface area contributed by atoms with Gasteiger partial charge < -0.3 is 10.0 Å². The summed E-state index contributed by atoms with van der Waals surface area (Å²) in [6.07, 6.45) is 11.9. The minimum atomic E-state index is 0.231. The van der Waals surface area contributed by atoms with Gasteiger partial charge in [-0.25, -0.2) is 19.0 Å². The third-order valence-corrected chi connectivity index (χ3v) is 8.28. The highest BCUT2D eigenvalue weighted by Gasteiger charge is 2.24. The zero-order chi connectivity index (χ0) is 24.2. The number of hydrogen-bond acceptors (Lipinski definition) is 8. The van der Waals surface area contributed by atoms with Crippen LogP contribution in [0.15, 0.2) is 43.5 Å². The summed E-state index contributed by atoms with van der Waals surface area (Å²) < 4.78 is 5.38. The van der Waals surface area contributed by atoms with E-state index in [4.69, 9.17) is 16.6 Å². The van der Waals surface area contributed by atoms with Crippen molar-refractivity contribution in [3.8, 4) is 0 Å². The van der Waals surface area contributed by atoms with Crippen LogP contribution in [0.1, 0.15) is 25.7 Å². The summed E-state index contributed by atoms with van der Waals surface area (Å²) in [6, 6.07) is 4.28. The van der Waals surface area contributed by atoms with Crippen molar-refractivity contribution in [3.05, 3.63) is 38.6 Å². The second-order valence-electron chi connectivity index (χ2n) is 7.59. The smallest absolute Gasteiger partial charge is 0.172 e. The molecule has 8 nitrogen and oxygen atoms in total. The van der Waals surface area contributed by atoms with Crippen LogP contribution < -0.4 is 4.90 Å². The molecule has 1 saturated heterocycles. The first kappa shape index (κ1) is 26.0. The lowest BCUT2D eigenvalue weighted by Crippen LogP contribution is -2.40. The lowest BCUT2D eigenvalue weighted by atomic mass is 10.00. The number of aliphatic hydroxyl groups excluding tert-OH is 1. The molecule has 34 heavy (non-hydrogen) atoms. The zero-order valence-corrected chi connectivity index (χ0v) is 24.2. The highest BCUT2D eigenvalue weighted by Crippen LogP contribution is 2.30. The first-order valence-corrected chi connectivity index (χ1v) is 15.1. The Morgan fingerprint density at radius 2 is 1.62 bits per heavy atom. The van der Waals surface area contributed by atoms with Crippen LogP contribution in [0.3, 0.4) is 0 Å². The molecule has 0 radical (unpaired) electrons. The molecule has 1 N–H and O–H groups in total. The van der Waals surface area contributed by atoms with Crippen LogP contribution >= 0.6 is 67.0 Å². The van der Waals surface area contributed by atoms with Crippen LogP contribution in [0, 0.1) is 0 Å². The van der Waals surface area contributed by atoms with E-state index in [2.05, 4.69) is 64.3 Å². The van der Waals surface area contributed by atoms with Crippen LogP contribution in [-0.4, -0.2) is 66.0 Å². The zero-order valence-electron chi connectivity index (χ0n) is 18.7. The molecule has 1 atom stereocenters. The summed E-state index contributed by atoms with van der Waals surface area (Å²) in [5.41, 5.74) is 1.60. The summed E-state index contributed by atoms with van der Waals surface area (Å²) >= 11 is 16.0. The largest absolute Gasteiger partial charge is 0.396 e. The molecule has 0 bridgehead atoms. The maximum Gasteiger partial charge on any atom is 0.172 e. The van der Waals surface area contributed by atoms with E-state index in [0.29, 0.717) is 11.2 Å². The number of anilines is 1. The minimum absolute atomic E-state index is 0.231. The Bertz CT molecular complexity index is 1280.